The van der Waals surface area contributed by atoms with E-state index in [0.29, 0.717) is 22.4 Å². The first-order valence-corrected chi connectivity index (χ1v) is 11.8. The number of halogens is 1. The zero-order valence-electron chi connectivity index (χ0n) is 18.9. The van der Waals surface area contributed by atoms with Gasteiger partial charge in [0.05, 0.1) is 10.9 Å². The van der Waals surface area contributed by atoms with Crippen molar-refractivity contribution in [1.82, 2.24) is 14.5 Å². The van der Waals surface area contributed by atoms with Crippen LogP contribution in [0.3, 0.4) is 0 Å². The predicted molar refractivity (Wildman–Crippen MR) is 130 cm³/mol. The molecule has 4 rings (SSSR count). The summed E-state index contributed by atoms with van der Waals surface area (Å²) in [6.07, 6.45) is 2.34. The van der Waals surface area contributed by atoms with Gasteiger partial charge in [0.15, 0.2) is 0 Å². The van der Waals surface area contributed by atoms with Gasteiger partial charge in [-0.2, -0.15) is 0 Å². The minimum atomic E-state index is 0.0595. The molecule has 0 unspecified atom stereocenters. The van der Waals surface area contributed by atoms with Gasteiger partial charge in [0, 0.05) is 35.6 Å². The molecular weight excluding hydrogens is 406 g/mol. The minimum absolute atomic E-state index is 0.0595. The van der Waals surface area contributed by atoms with Crippen molar-refractivity contribution in [2.75, 3.05) is 13.1 Å². The van der Waals surface area contributed by atoms with Crippen LogP contribution in [0.15, 0.2) is 47.3 Å². The molecule has 0 saturated carbocycles. The molecule has 2 heterocycles. The Labute approximate surface area is 189 Å². The van der Waals surface area contributed by atoms with E-state index >= 15 is 0 Å². The van der Waals surface area contributed by atoms with Crippen molar-refractivity contribution < 1.29 is 0 Å². The average molecular weight is 438 g/mol. The third kappa shape index (κ3) is 4.56. The SMILES string of the molecule is CC(C)c1nc2ccc(-c3ccccc3Cl)cc2c(=O)n1C[C@@H]1CCCN(C(C)C)C1. The highest BCUT2D eigenvalue weighted by Gasteiger charge is 2.24. The van der Waals surface area contributed by atoms with Crippen molar-refractivity contribution in [1.29, 1.82) is 0 Å². The lowest BCUT2D eigenvalue weighted by molar-refractivity contribution is 0.129. The molecule has 1 fully saturated rings. The monoisotopic (exact) mass is 437 g/mol. The van der Waals surface area contributed by atoms with Gasteiger partial charge in [-0.15, -0.1) is 0 Å². The Balaban J connectivity index is 1.78. The first kappa shape index (κ1) is 22.0. The molecule has 0 amide bonds. The third-order valence-electron chi connectivity index (χ3n) is 6.41. The number of hydrogen-bond donors (Lipinski definition) is 0. The second-order valence-corrected chi connectivity index (χ2v) is 9.76. The van der Waals surface area contributed by atoms with Crippen LogP contribution >= 0.6 is 11.6 Å². The normalized spacial score (nSPS) is 17.7. The van der Waals surface area contributed by atoms with Crippen LogP contribution in [0.4, 0.5) is 0 Å². The van der Waals surface area contributed by atoms with Crippen LogP contribution in [0.25, 0.3) is 22.0 Å². The molecule has 1 aliphatic heterocycles. The van der Waals surface area contributed by atoms with Crippen LogP contribution in [0.2, 0.25) is 5.02 Å². The molecule has 2 aromatic carbocycles. The molecule has 4 nitrogen and oxygen atoms in total. The molecule has 31 heavy (non-hydrogen) atoms. The lowest BCUT2D eigenvalue weighted by atomic mass is 9.96. The summed E-state index contributed by atoms with van der Waals surface area (Å²) in [5.74, 6) is 1.53. The van der Waals surface area contributed by atoms with Gasteiger partial charge >= 0.3 is 0 Å². The highest BCUT2D eigenvalue weighted by molar-refractivity contribution is 6.33. The van der Waals surface area contributed by atoms with Crippen LogP contribution in [0.5, 0.6) is 0 Å². The zero-order valence-corrected chi connectivity index (χ0v) is 19.7. The molecule has 1 atom stereocenters. The number of aromatic nitrogens is 2. The lowest BCUT2D eigenvalue weighted by Gasteiger charge is -2.36. The van der Waals surface area contributed by atoms with Gasteiger partial charge in [-0.05, 0) is 62.9 Å². The van der Waals surface area contributed by atoms with E-state index in [1.54, 1.807) is 0 Å². The fraction of sp³-hybridized carbons (Fsp3) is 0.462. The second kappa shape index (κ2) is 9.13. The first-order chi connectivity index (χ1) is 14.8. The smallest absolute Gasteiger partial charge is 0.261 e. The van der Waals surface area contributed by atoms with E-state index in [9.17, 15) is 4.79 Å². The van der Waals surface area contributed by atoms with Crippen LogP contribution in [0.1, 0.15) is 52.3 Å². The van der Waals surface area contributed by atoms with Gasteiger partial charge in [-0.1, -0.05) is 49.7 Å². The Bertz CT molecular complexity index is 1140. The molecule has 0 aliphatic carbocycles. The van der Waals surface area contributed by atoms with Crippen molar-refractivity contribution >= 4 is 22.5 Å². The Hall–Kier alpha value is -2.17. The fourth-order valence-corrected chi connectivity index (χ4v) is 4.94. The van der Waals surface area contributed by atoms with Crippen molar-refractivity contribution in [3.8, 4) is 11.1 Å². The maximum atomic E-state index is 13.7. The van der Waals surface area contributed by atoms with Gasteiger partial charge in [0.2, 0.25) is 0 Å². The molecule has 0 spiro atoms. The van der Waals surface area contributed by atoms with Crippen molar-refractivity contribution in [2.24, 2.45) is 5.92 Å². The van der Waals surface area contributed by atoms with E-state index in [1.165, 1.54) is 6.42 Å². The van der Waals surface area contributed by atoms with Gasteiger partial charge in [-0.3, -0.25) is 9.36 Å². The summed E-state index contributed by atoms with van der Waals surface area (Å²) in [6, 6.07) is 14.2. The van der Waals surface area contributed by atoms with Crippen LogP contribution in [-0.4, -0.2) is 33.6 Å². The summed E-state index contributed by atoms with van der Waals surface area (Å²) >= 11 is 6.41. The standard InChI is InChI=1S/C26H32ClN3O/c1-17(2)25-28-24-12-11-20(21-9-5-6-10-23(21)27)14-22(24)26(31)30(25)16-19-8-7-13-29(15-19)18(3)4/h5-6,9-12,14,17-19H,7-8,13,15-16H2,1-4H3/t19-/m1/s1. The predicted octanol–water partition coefficient (Wildman–Crippen LogP) is 5.96. The van der Waals surface area contributed by atoms with E-state index in [1.807, 2.05) is 47.0 Å². The van der Waals surface area contributed by atoms with Gasteiger partial charge in [0.25, 0.3) is 5.56 Å². The third-order valence-corrected chi connectivity index (χ3v) is 6.74. The van der Waals surface area contributed by atoms with E-state index in [2.05, 4.69) is 32.6 Å². The number of rotatable bonds is 5. The van der Waals surface area contributed by atoms with Gasteiger partial charge < -0.3 is 4.90 Å². The van der Waals surface area contributed by atoms with Crippen LogP contribution < -0.4 is 5.56 Å². The van der Waals surface area contributed by atoms with Gasteiger partial charge in [-0.25, -0.2) is 4.98 Å². The molecule has 164 valence electrons. The Kier molecular flexibility index (Phi) is 6.49. The minimum Gasteiger partial charge on any atom is -0.301 e. The number of nitrogens with zero attached hydrogens (tertiary/aromatic N) is 3. The van der Waals surface area contributed by atoms with Crippen molar-refractivity contribution in [2.45, 2.75) is 59.0 Å². The van der Waals surface area contributed by atoms with E-state index in [0.717, 1.165) is 48.5 Å². The summed E-state index contributed by atoms with van der Waals surface area (Å²) in [6.45, 7) is 11.7. The fourth-order valence-electron chi connectivity index (χ4n) is 4.69. The van der Waals surface area contributed by atoms with E-state index in [4.69, 9.17) is 16.6 Å². The molecular formula is C26H32ClN3O. The summed E-state index contributed by atoms with van der Waals surface area (Å²) in [5, 5.41) is 1.35. The summed E-state index contributed by atoms with van der Waals surface area (Å²) < 4.78 is 1.94. The molecule has 0 bridgehead atoms. The van der Waals surface area contributed by atoms with E-state index < -0.39 is 0 Å². The largest absolute Gasteiger partial charge is 0.301 e. The molecule has 1 saturated heterocycles. The summed E-state index contributed by atoms with van der Waals surface area (Å²) in [5.41, 5.74) is 2.70. The topological polar surface area (TPSA) is 38.1 Å². The maximum Gasteiger partial charge on any atom is 0.261 e. The highest BCUT2D eigenvalue weighted by Crippen LogP contribution is 2.29. The molecule has 1 aliphatic rings. The number of benzene rings is 2. The number of likely N-dealkylation sites (tertiary alicyclic amines) is 1. The Morgan fingerprint density at radius 1 is 1.13 bits per heavy atom. The molecule has 3 aromatic rings. The van der Waals surface area contributed by atoms with Crippen molar-refractivity contribution in [3.05, 3.63) is 63.7 Å². The number of piperidine rings is 1. The van der Waals surface area contributed by atoms with Gasteiger partial charge in [0.1, 0.15) is 5.82 Å². The summed E-state index contributed by atoms with van der Waals surface area (Å²) in [7, 11) is 0. The highest BCUT2D eigenvalue weighted by atomic mass is 35.5. The maximum absolute atomic E-state index is 13.7. The molecule has 5 heteroatoms. The molecule has 0 radical (unpaired) electrons. The quantitative estimate of drug-likeness (QED) is 0.494. The van der Waals surface area contributed by atoms with E-state index in [-0.39, 0.29) is 11.5 Å². The Morgan fingerprint density at radius 2 is 1.90 bits per heavy atom. The number of fused-ring (bicyclic) bond motifs is 1. The average Bonchev–Trinajstić information content (AvgIpc) is 2.76. The lowest BCUT2D eigenvalue weighted by Crippen LogP contribution is -2.42. The Morgan fingerprint density at radius 3 is 2.61 bits per heavy atom. The number of hydrogen-bond acceptors (Lipinski definition) is 3. The van der Waals surface area contributed by atoms with Crippen LogP contribution in [0, 0.1) is 5.92 Å². The molecule has 0 N–H and O–H groups in total. The van der Waals surface area contributed by atoms with Crippen molar-refractivity contribution in [3.63, 3.8) is 0 Å². The second-order valence-electron chi connectivity index (χ2n) is 9.35. The molecule has 1 aromatic heterocycles. The zero-order chi connectivity index (χ0) is 22.1. The first-order valence-electron chi connectivity index (χ1n) is 11.4. The summed E-state index contributed by atoms with van der Waals surface area (Å²) in [4.78, 5) is 21.1. The van der Waals surface area contributed by atoms with Crippen LogP contribution in [-0.2, 0) is 6.54 Å².